The van der Waals surface area contributed by atoms with E-state index in [0.29, 0.717) is 37.5 Å². The van der Waals surface area contributed by atoms with Gasteiger partial charge in [0.1, 0.15) is 0 Å². The first kappa shape index (κ1) is 15.0. The number of piperazine rings is 1. The summed E-state index contributed by atoms with van der Waals surface area (Å²) in [6.07, 6.45) is 0.491. The molecule has 1 heterocycles. The minimum atomic E-state index is -3.39. The summed E-state index contributed by atoms with van der Waals surface area (Å²) in [6, 6.07) is 9.12. The van der Waals surface area contributed by atoms with Crippen LogP contribution in [0.5, 0.6) is 0 Å². The molecule has 1 aliphatic heterocycles. The van der Waals surface area contributed by atoms with Gasteiger partial charge in [-0.1, -0.05) is 12.1 Å². The summed E-state index contributed by atoms with van der Waals surface area (Å²) in [6.45, 7) is 4.95. The molecule has 108 valence electrons. The zero-order chi connectivity index (χ0) is 14.6. The van der Waals surface area contributed by atoms with E-state index in [1.54, 1.807) is 18.2 Å². The monoisotopic (exact) mass is 293 g/mol. The first-order valence-corrected chi connectivity index (χ1v) is 8.14. The molecule has 1 fully saturated rings. The van der Waals surface area contributed by atoms with Crippen LogP contribution in [0.1, 0.15) is 12.0 Å². The van der Waals surface area contributed by atoms with Crippen LogP contribution >= 0.6 is 0 Å². The fraction of sp³-hybridized carbons (Fsp3) is 0.500. The molecule has 20 heavy (non-hydrogen) atoms. The minimum Gasteiger partial charge on any atom is -0.300 e. The first-order chi connectivity index (χ1) is 9.54. The Kier molecular flexibility index (Phi) is 4.76. The topological polar surface area (TPSA) is 64.4 Å². The lowest BCUT2D eigenvalue weighted by Crippen LogP contribution is -2.48. The molecule has 0 spiro atoms. The Morgan fingerprint density at radius 1 is 1.25 bits per heavy atom. The van der Waals surface area contributed by atoms with E-state index < -0.39 is 10.0 Å². The van der Waals surface area contributed by atoms with E-state index in [0.717, 1.165) is 12.1 Å². The summed E-state index contributed by atoms with van der Waals surface area (Å²) in [7, 11) is -3.39. The van der Waals surface area contributed by atoms with Gasteiger partial charge in [-0.2, -0.15) is 9.57 Å². The van der Waals surface area contributed by atoms with Gasteiger partial charge < -0.3 is 0 Å². The molecule has 0 saturated carbocycles. The van der Waals surface area contributed by atoms with Crippen molar-refractivity contribution in [1.82, 2.24) is 9.21 Å². The summed E-state index contributed by atoms with van der Waals surface area (Å²) < 4.78 is 26.6. The lowest BCUT2D eigenvalue weighted by atomic mass is 10.2. The van der Waals surface area contributed by atoms with E-state index in [2.05, 4.69) is 11.0 Å². The van der Waals surface area contributed by atoms with Gasteiger partial charge in [0.25, 0.3) is 0 Å². The molecule has 1 aliphatic rings. The zero-order valence-electron chi connectivity index (χ0n) is 11.6. The molecule has 0 aromatic heterocycles. The van der Waals surface area contributed by atoms with Crippen LogP contribution < -0.4 is 0 Å². The number of benzene rings is 1. The number of hydrogen-bond acceptors (Lipinski definition) is 4. The molecule has 0 radical (unpaired) electrons. The van der Waals surface area contributed by atoms with Gasteiger partial charge in [0.05, 0.1) is 11.0 Å². The number of sulfonamides is 1. The van der Waals surface area contributed by atoms with Gasteiger partial charge in [-0.25, -0.2) is 8.42 Å². The third-order valence-corrected chi connectivity index (χ3v) is 5.39. The Hall–Kier alpha value is -1.42. The zero-order valence-corrected chi connectivity index (χ0v) is 12.4. The third kappa shape index (κ3) is 3.37. The molecular formula is C14H19N3O2S. The standard InChI is InChI=1S/C14H19N3O2S/c1-13-4-2-5-14(12-13)20(18,19)17-10-8-16(9-11-17)7-3-6-15/h2,4-5,12H,3,7-11H2,1H3. The van der Waals surface area contributed by atoms with Crippen molar-refractivity contribution in [2.75, 3.05) is 32.7 Å². The summed E-state index contributed by atoms with van der Waals surface area (Å²) in [5.74, 6) is 0. The normalized spacial score (nSPS) is 17.8. The van der Waals surface area contributed by atoms with Gasteiger partial charge in [-0.15, -0.1) is 0 Å². The Balaban J connectivity index is 2.04. The molecule has 0 amide bonds. The lowest BCUT2D eigenvalue weighted by molar-refractivity contribution is 0.191. The highest BCUT2D eigenvalue weighted by Crippen LogP contribution is 2.18. The van der Waals surface area contributed by atoms with Crippen LogP contribution in [0, 0.1) is 18.3 Å². The summed E-state index contributed by atoms with van der Waals surface area (Å²) in [5.41, 5.74) is 0.943. The maximum absolute atomic E-state index is 12.5. The third-order valence-electron chi connectivity index (χ3n) is 3.50. The van der Waals surface area contributed by atoms with E-state index in [4.69, 9.17) is 5.26 Å². The number of nitriles is 1. The second-order valence-electron chi connectivity index (χ2n) is 4.97. The van der Waals surface area contributed by atoms with E-state index in [-0.39, 0.29) is 0 Å². The van der Waals surface area contributed by atoms with E-state index >= 15 is 0 Å². The molecule has 1 aromatic rings. The Labute approximate surface area is 120 Å². The van der Waals surface area contributed by atoms with Crippen LogP contribution in [0.15, 0.2) is 29.2 Å². The Morgan fingerprint density at radius 2 is 1.95 bits per heavy atom. The van der Waals surface area contributed by atoms with Crippen LogP contribution in [0.2, 0.25) is 0 Å². The highest BCUT2D eigenvalue weighted by molar-refractivity contribution is 7.89. The van der Waals surface area contributed by atoms with Crippen molar-refractivity contribution in [3.63, 3.8) is 0 Å². The maximum atomic E-state index is 12.5. The Bertz CT molecular complexity index is 599. The predicted octanol–water partition coefficient (Wildman–Crippen LogP) is 1.22. The van der Waals surface area contributed by atoms with E-state index in [9.17, 15) is 8.42 Å². The fourth-order valence-electron chi connectivity index (χ4n) is 2.33. The van der Waals surface area contributed by atoms with Crippen molar-refractivity contribution in [1.29, 1.82) is 5.26 Å². The highest BCUT2D eigenvalue weighted by Gasteiger charge is 2.28. The van der Waals surface area contributed by atoms with Crippen LogP contribution in [-0.2, 0) is 10.0 Å². The fourth-order valence-corrected chi connectivity index (χ4v) is 3.85. The van der Waals surface area contributed by atoms with Gasteiger partial charge in [0.2, 0.25) is 10.0 Å². The maximum Gasteiger partial charge on any atom is 0.243 e. The summed E-state index contributed by atoms with van der Waals surface area (Å²) in [4.78, 5) is 2.49. The van der Waals surface area contributed by atoms with Crippen molar-refractivity contribution in [3.05, 3.63) is 29.8 Å². The summed E-state index contributed by atoms with van der Waals surface area (Å²) >= 11 is 0. The van der Waals surface area contributed by atoms with Crippen LogP contribution in [0.3, 0.4) is 0 Å². The van der Waals surface area contributed by atoms with Crippen molar-refractivity contribution in [3.8, 4) is 6.07 Å². The SMILES string of the molecule is Cc1cccc(S(=O)(=O)N2CCN(CCC#N)CC2)c1. The number of nitrogens with zero attached hydrogens (tertiary/aromatic N) is 3. The molecule has 0 aliphatic carbocycles. The molecule has 0 bridgehead atoms. The van der Waals surface area contributed by atoms with Gasteiger partial charge in [-0.05, 0) is 24.6 Å². The smallest absolute Gasteiger partial charge is 0.243 e. The molecule has 1 aromatic carbocycles. The second kappa shape index (κ2) is 6.35. The van der Waals surface area contributed by atoms with Crippen LogP contribution in [0.25, 0.3) is 0 Å². The van der Waals surface area contributed by atoms with Crippen molar-refractivity contribution >= 4 is 10.0 Å². The Morgan fingerprint density at radius 3 is 2.55 bits per heavy atom. The van der Waals surface area contributed by atoms with Crippen molar-refractivity contribution in [2.45, 2.75) is 18.2 Å². The second-order valence-corrected chi connectivity index (χ2v) is 6.91. The average molecular weight is 293 g/mol. The molecule has 2 rings (SSSR count). The quantitative estimate of drug-likeness (QED) is 0.837. The number of rotatable bonds is 4. The molecule has 1 saturated heterocycles. The highest BCUT2D eigenvalue weighted by atomic mass is 32.2. The number of aryl methyl sites for hydroxylation is 1. The molecule has 5 nitrogen and oxygen atoms in total. The van der Waals surface area contributed by atoms with E-state index in [1.165, 1.54) is 4.31 Å². The minimum absolute atomic E-state index is 0.364. The first-order valence-electron chi connectivity index (χ1n) is 6.70. The van der Waals surface area contributed by atoms with Gasteiger partial charge in [-0.3, -0.25) is 4.90 Å². The lowest BCUT2D eigenvalue weighted by Gasteiger charge is -2.33. The largest absolute Gasteiger partial charge is 0.300 e. The molecule has 0 atom stereocenters. The molecule has 6 heteroatoms. The van der Waals surface area contributed by atoms with E-state index in [1.807, 2.05) is 13.0 Å². The predicted molar refractivity (Wildman–Crippen MR) is 76.6 cm³/mol. The molecule has 0 unspecified atom stereocenters. The van der Waals surface area contributed by atoms with Crippen molar-refractivity contribution in [2.24, 2.45) is 0 Å². The van der Waals surface area contributed by atoms with Gasteiger partial charge in [0, 0.05) is 39.1 Å². The van der Waals surface area contributed by atoms with Gasteiger partial charge >= 0.3 is 0 Å². The van der Waals surface area contributed by atoms with Crippen LogP contribution in [0.4, 0.5) is 0 Å². The average Bonchev–Trinajstić information content (AvgIpc) is 2.45. The van der Waals surface area contributed by atoms with Crippen LogP contribution in [-0.4, -0.2) is 50.3 Å². The molecule has 0 N–H and O–H groups in total. The number of hydrogen-bond donors (Lipinski definition) is 0. The van der Waals surface area contributed by atoms with Gasteiger partial charge in [0.15, 0.2) is 0 Å². The summed E-state index contributed by atoms with van der Waals surface area (Å²) in [5, 5.41) is 8.57. The molecular weight excluding hydrogens is 274 g/mol. The van der Waals surface area contributed by atoms with Crippen molar-refractivity contribution < 1.29 is 8.42 Å².